The molecule has 4 rings (SSSR count). The molecule has 3 heterocycles. The Bertz CT molecular complexity index is 817. The van der Waals surface area contributed by atoms with E-state index in [9.17, 15) is 4.79 Å². The molecule has 5 heteroatoms. The van der Waals surface area contributed by atoms with E-state index in [0.717, 1.165) is 38.2 Å². The second-order valence-corrected chi connectivity index (χ2v) is 7.57. The zero-order chi connectivity index (χ0) is 18.1. The second kappa shape index (κ2) is 6.72. The molecule has 2 aromatic rings. The van der Waals surface area contributed by atoms with Crippen molar-refractivity contribution in [2.24, 2.45) is 7.05 Å². The summed E-state index contributed by atoms with van der Waals surface area (Å²) in [5, 5.41) is 4.26. The van der Waals surface area contributed by atoms with Gasteiger partial charge in [-0.1, -0.05) is 24.3 Å². The monoisotopic (exact) mass is 350 g/mol. The lowest BCUT2D eigenvalue weighted by atomic mass is 9.67. The van der Waals surface area contributed by atoms with Crippen LogP contribution in [0.2, 0.25) is 0 Å². The standard InChI is InChI=1S/C21H26N4O/c1-3-10-25-19-7-5-4-6-18(19)21(13-20(25)26)8-11-24(12-9-21)16-17-14-22-23(2)15-17/h3-7,14-15H,1,8-13,16H2,2H3. The number of para-hydroxylation sites is 1. The lowest BCUT2D eigenvalue weighted by Gasteiger charge is -2.47. The normalized spacial score (nSPS) is 19.6. The Morgan fingerprint density at radius 2 is 2.04 bits per heavy atom. The average molecular weight is 350 g/mol. The highest BCUT2D eigenvalue weighted by molar-refractivity contribution is 5.98. The number of likely N-dealkylation sites (tertiary alicyclic amines) is 1. The van der Waals surface area contributed by atoms with Crippen molar-refractivity contribution in [3.05, 3.63) is 60.4 Å². The molecule has 136 valence electrons. The molecule has 1 aromatic carbocycles. The van der Waals surface area contributed by atoms with E-state index in [0.29, 0.717) is 13.0 Å². The van der Waals surface area contributed by atoms with Crippen LogP contribution in [0.3, 0.4) is 0 Å². The molecular formula is C21H26N4O. The van der Waals surface area contributed by atoms with Gasteiger partial charge in [0.15, 0.2) is 0 Å². The number of rotatable bonds is 4. The van der Waals surface area contributed by atoms with Crippen LogP contribution in [0.25, 0.3) is 0 Å². The minimum absolute atomic E-state index is 0.0171. The fraction of sp³-hybridized carbons (Fsp3) is 0.429. The van der Waals surface area contributed by atoms with Crippen LogP contribution >= 0.6 is 0 Å². The first-order valence-electron chi connectivity index (χ1n) is 9.32. The molecule has 1 aromatic heterocycles. The number of aromatic nitrogens is 2. The molecule has 0 N–H and O–H groups in total. The summed E-state index contributed by atoms with van der Waals surface area (Å²) in [4.78, 5) is 17.2. The molecule has 2 aliphatic rings. The van der Waals surface area contributed by atoms with Gasteiger partial charge in [-0.05, 0) is 37.6 Å². The third kappa shape index (κ3) is 2.97. The van der Waals surface area contributed by atoms with Crippen molar-refractivity contribution < 1.29 is 4.79 Å². The van der Waals surface area contributed by atoms with Crippen molar-refractivity contribution in [3.8, 4) is 0 Å². The molecule has 0 saturated carbocycles. The van der Waals surface area contributed by atoms with Crippen LogP contribution < -0.4 is 4.90 Å². The first-order chi connectivity index (χ1) is 12.6. The largest absolute Gasteiger partial charge is 0.308 e. The Labute approximate surface area is 154 Å². The number of anilines is 1. The number of carbonyl (C=O) groups is 1. The van der Waals surface area contributed by atoms with Crippen LogP contribution in [0.1, 0.15) is 30.4 Å². The Morgan fingerprint density at radius 3 is 2.73 bits per heavy atom. The maximum atomic E-state index is 12.8. The van der Waals surface area contributed by atoms with Crippen LogP contribution in [0.4, 0.5) is 5.69 Å². The summed E-state index contributed by atoms with van der Waals surface area (Å²) < 4.78 is 1.85. The molecule has 1 spiro atoms. The maximum Gasteiger partial charge on any atom is 0.228 e. The van der Waals surface area contributed by atoms with Crippen LogP contribution in [0.15, 0.2) is 49.3 Å². The maximum absolute atomic E-state index is 12.8. The van der Waals surface area contributed by atoms with Gasteiger partial charge in [0.25, 0.3) is 0 Å². The molecule has 2 aliphatic heterocycles. The van der Waals surface area contributed by atoms with Crippen LogP contribution in [-0.4, -0.2) is 40.2 Å². The Morgan fingerprint density at radius 1 is 1.27 bits per heavy atom. The zero-order valence-corrected chi connectivity index (χ0v) is 15.4. The van der Waals surface area contributed by atoms with Crippen molar-refractivity contribution in [2.75, 3.05) is 24.5 Å². The van der Waals surface area contributed by atoms with E-state index in [-0.39, 0.29) is 11.3 Å². The third-order valence-corrected chi connectivity index (χ3v) is 5.85. The van der Waals surface area contributed by atoms with Crippen molar-refractivity contribution >= 4 is 11.6 Å². The summed E-state index contributed by atoms with van der Waals surface area (Å²) in [6.07, 6.45) is 8.49. The fourth-order valence-corrected chi connectivity index (χ4v) is 4.50. The first kappa shape index (κ1) is 17.0. The molecule has 26 heavy (non-hydrogen) atoms. The predicted molar refractivity (Wildman–Crippen MR) is 103 cm³/mol. The van der Waals surface area contributed by atoms with Crippen molar-refractivity contribution in [1.29, 1.82) is 0 Å². The highest BCUT2D eigenvalue weighted by atomic mass is 16.2. The molecule has 5 nitrogen and oxygen atoms in total. The van der Waals surface area contributed by atoms with Crippen molar-refractivity contribution in [1.82, 2.24) is 14.7 Å². The Hall–Kier alpha value is -2.40. The molecule has 0 unspecified atom stereocenters. The quantitative estimate of drug-likeness (QED) is 0.796. The molecule has 1 saturated heterocycles. The van der Waals surface area contributed by atoms with Crippen molar-refractivity contribution in [3.63, 3.8) is 0 Å². The lowest BCUT2D eigenvalue weighted by molar-refractivity contribution is -0.120. The van der Waals surface area contributed by atoms with Gasteiger partial charge in [0, 0.05) is 49.4 Å². The Kier molecular flexibility index (Phi) is 4.41. The number of nitrogens with zero attached hydrogens (tertiary/aromatic N) is 4. The van der Waals surface area contributed by atoms with Crippen LogP contribution in [-0.2, 0) is 23.8 Å². The number of hydrogen-bond donors (Lipinski definition) is 0. The minimum Gasteiger partial charge on any atom is -0.308 e. The number of benzene rings is 1. The van der Waals surface area contributed by atoms with E-state index < -0.39 is 0 Å². The van der Waals surface area contributed by atoms with Crippen molar-refractivity contribution in [2.45, 2.75) is 31.2 Å². The summed E-state index contributed by atoms with van der Waals surface area (Å²) in [5.41, 5.74) is 3.64. The SMILES string of the molecule is C=CCN1C(=O)CC2(CCN(Cc3cnn(C)c3)CC2)c2ccccc21. The van der Waals surface area contributed by atoms with Gasteiger partial charge in [0.05, 0.1) is 6.20 Å². The van der Waals surface area contributed by atoms with Gasteiger partial charge in [0.2, 0.25) is 5.91 Å². The smallest absolute Gasteiger partial charge is 0.228 e. The summed E-state index contributed by atoms with van der Waals surface area (Å²) >= 11 is 0. The van der Waals surface area contributed by atoms with Gasteiger partial charge < -0.3 is 4.90 Å². The highest BCUT2D eigenvalue weighted by Gasteiger charge is 2.44. The molecule has 0 atom stereocenters. The predicted octanol–water partition coefficient (Wildman–Crippen LogP) is 2.88. The number of amides is 1. The minimum atomic E-state index is -0.0171. The van der Waals surface area contributed by atoms with Gasteiger partial charge in [-0.3, -0.25) is 14.4 Å². The summed E-state index contributed by atoms with van der Waals surface area (Å²) in [5.74, 6) is 0.226. The van der Waals surface area contributed by atoms with E-state index in [2.05, 4.69) is 41.0 Å². The topological polar surface area (TPSA) is 41.4 Å². The van der Waals surface area contributed by atoms with E-state index >= 15 is 0 Å². The Balaban J connectivity index is 1.55. The van der Waals surface area contributed by atoms with Gasteiger partial charge >= 0.3 is 0 Å². The van der Waals surface area contributed by atoms with E-state index in [1.165, 1.54) is 11.1 Å². The highest BCUT2D eigenvalue weighted by Crippen LogP contribution is 2.47. The molecular weight excluding hydrogens is 324 g/mol. The average Bonchev–Trinajstić information content (AvgIpc) is 3.05. The summed E-state index contributed by atoms with van der Waals surface area (Å²) in [6.45, 7) is 7.35. The molecule has 0 radical (unpaired) electrons. The van der Waals surface area contributed by atoms with Gasteiger partial charge in [-0.2, -0.15) is 5.10 Å². The summed E-state index contributed by atoms with van der Waals surface area (Å²) in [6, 6.07) is 8.43. The van der Waals surface area contributed by atoms with Gasteiger partial charge in [0.1, 0.15) is 0 Å². The van der Waals surface area contributed by atoms with E-state index in [1.54, 1.807) is 0 Å². The molecule has 0 aliphatic carbocycles. The zero-order valence-electron chi connectivity index (χ0n) is 15.4. The lowest BCUT2D eigenvalue weighted by Crippen LogP contribution is -2.49. The third-order valence-electron chi connectivity index (χ3n) is 5.85. The number of hydrogen-bond acceptors (Lipinski definition) is 3. The number of fused-ring (bicyclic) bond motifs is 2. The summed E-state index contributed by atoms with van der Waals surface area (Å²) in [7, 11) is 1.95. The van der Waals surface area contributed by atoms with E-state index in [1.807, 2.05) is 35.0 Å². The van der Waals surface area contributed by atoms with Gasteiger partial charge in [-0.15, -0.1) is 6.58 Å². The van der Waals surface area contributed by atoms with Crippen LogP contribution in [0.5, 0.6) is 0 Å². The fourth-order valence-electron chi connectivity index (χ4n) is 4.50. The second-order valence-electron chi connectivity index (χ2n) is 7.57. The van der Waals surface area contributed by atoms with E-state index in [4.69, 9.17) is 0 Å². The molecule has 1 amide bonds. The van der Waals surface area contributed by atoms with Gasteiger partial charge in [-0.25, -0.2) is 0 Å². The number of carbonyl (C=O) groups excluding carboxylic acids is 1. The molecule has 0 bridgehead atoms. The number of piperidine rings is 1. The first-order valence-corrected chi connectivity index (χ1v) is 9.32. The molecule has 1 fully saturated rings. The van der Waals surface area contributed by atoms with Crippen LogP contribution in [0, 0.1) is 0 Å². The number of aryl methyl sites for hydroxylation is 1.